The molecular weight excluding hydrogens is 558 g/mol. The zero-order valence-electron chi connectivity index (χ0n) is 24.9. The van der Waals surface area contributed by atoms with Crippen LogP contribution in [0, 0.1) is 0 Å². The first-order chi connectivity index (χ1) is 20.5. The fourth-order valence-corrected chi connectivity index (χ4v) is 4.55. The van der Waals surface area contributed by atoms with E-state index in [2.05, 4.69) is 16.0 Å². The van der Waals surface area contributed by atoms with E-state index in [4.69, 9.17) is 24.1 Å². The third kappa shape index (κ3) is 11.2. The summed E-state index contributed by atoms with van der Waals surface area (Å²) in [6.07, 6.45) is -1.73. The number of amides is 3. The van der Waals surface area contributed by atoms with Crippen LogP contribution in [0.1, 0.15) is 50.7 Å². The predicted molar refractivity (Wildman–Crippen MR) is 158 cm³/mol. The van der Waals surface area contributed by atoms with Gasteiger partial charge >= 0.3 is 18.2 Å². The summed E-state index contributed by atoms with van der Waals surface area (Å²) in [5.74, 6) is -1.77. The summed E-state index contributed by atoms with van der Waals surface area (Å²) in [6.45, 7) is 6.86. The van der Waals surface area contributed by atoms with Crippen LogP contribution in [-0.2, 0) is 28.5 Å². The van der Waals surface area contributed by atoms with Gasteiger partial charge in [0.15, 0.2) is 0 Å². The number of alkyl carbamates (subject to hydrolysis) is 2. The van der Waals surface area contributed by atoms with Crippen LogP contribution in [-0.4, -0.2) is 86.9 Å². The summed E-state index contributed by atoms with van der Waals surface area (Å²) in [6, 6.07) is 14.8. The molecular formula is C31H41N3O9. The summed E-state index contributed by atoms with van der Waals surface area (Å²) in [5.41, 5.74) is 3.73. The molecule has 0 fully saturated rings. The molecule has 3 rings (SSSR count). The van der Waals surface area contributed by atoms with Gasteiger partial charge in [-0.15, -0.1) is 0 Å². The van der Waals surface area contributed by atoms with Gasteiger partial charge in [0.25, 0.3) is 0 Å². The van der Waals surface area contributed by atoms with E-state index in [9.17, 15) is 19.2 Å². The third-order valence-corrected chi connectivity index (χ3v) is 6.43. The molecule has 3 amide bonds. The molecule has 0 bridgehead atoms. The van der Waals surface area contributed by atoms with Crippen LogP contribution in [0.4, 0.5) is 9.59 Å². The van der Waals surface area contributed by atoms with Gasteiger partial charge < -0.3 is 40.0 Å². The van der Waals surface area contributed by atoms with Gasteiger partial charge in [-0.05, 0) is 49.4 Å². The van der Waals surface area contributed by atoms with Gasteiger partial charge in [0.2, 0.25) is 5.91 Å². The maximum atomic E-state index is 12.7. The molecule has 1 aliphatic rings. The van der Waals surface area contributed by atoms with Gasteiger partial charge in [0.1, 0.15) is 18.2 Å². The second-order valence-electron chi connectivity index (χ2n) is 10.9. The average Bonchev–Trinajstić information content (AvgIpc) is 3.27. The predicted octanol–water partition coefficient (Wildman–Crippen LogP) is 3.43. The van der Waals surface area contributed by atoms with Crippen LogP contribution in [0.2, 0.25) is 0 Å². The Labute approximate surface area is 251 Å². The van der Waals surface area contributed by atoms with Crippen molar-refractivity contribution >= 4 is 24.1 Å². The van der Waals surface area contributed by atoms with Crippen molar-refractivity contribution in [2.45, 2.75) is 51.2 Å². The molecule has 2 aromatic carbocycles. The molecule has 4 N–H and O–H groups in total. The summed E-state index contributed by atoms with van der Waals surface area (Å²) >= 11 is 0. The Morgan fingerprint density at radius 1 is 0.814 bits per heavy atom. The van der Waals surface area contributed by atoms with Crippen molar-refractivity contribution in [2.75, 3.05) is 46.1 Å². The van der Waals surface area contributed by atoms with Crippen LogP contribution in [0.25, 0.3) is 11.1 Å². The van der Waals surface area contributed by atoms with E-state index in [0.29, 0.717) is 6.54 Å². The standard InChI is InChI=1S/C31H41N3O9/c1-31(2,3)43-29(38)33-15-17-41-19-18-40-16-14-32-28(37)26(12-13-27(35)36)34-30(39)42-20-25-23-10-6-4-8-21(23)22-9-5-7-11-24(22)25/h4-11,25-26H,12-20H2,1-3H3,(H,32,37)(H,33,38)(H,34,39)(H,35,36). The van der Waals surface area contributed by atoms with Gasteiger partial charge in [0.05, 0.1) is 26.4 Å². The molecule has 0 heterocycles. The van der Waals surface area contributed by atoms with Crippen molar-refractivity contribution in [3.8, 4) is 11.1 Å². The van der Waals surface area contributed by atoms with Crippen molar-refractivity contribution in [1.82, 2.24) is 16.0 Å². The second-order valence-corrected chi connectivity index (χ2v) is 10.9. The van der Waals surface area contributed by atoms with E-state index in [-0.39, 0.29) is 58.3 Å². The smallest absolute Gasteiger partial charge is 0.407 e. The monoisotopic (exact) mass is 599 g/mol. The summed E-state index contributed by atoms with van der Waals surface area (Å²) in [4.78, 5) is 48.1. The molecule has 0 saturated heterocycles. The first-order valence-electron chi connectivity index (χ1n) is 14.3. The highest BCUT2D eigenvalue weighted by Gasteiger charge is 2.30. The minimum atomic E-state index is -1.09. The number of fused-ring (bicyclic) bond motifs is 3. The molecule has 0 spiro atoms. The van der Waals surface area contributed by atoms with Gasteiger partial charge in [0, 0.05) is 25.4 Å². The van der Waals surface area contributed by atoms with E-state index < -0.39 is 35.7 Å². The molecule has 0 aromatic heterocycles. The van der Waals surface area contributed by atoms with Crippen LogP contribution in [0.5, 0.6) is 0 Å². The number of carboxylic acid groups (broad SMARTS) is 1. The Morgan fingerprint density at radius 2 is 1.37 bits per heavy atom. The number of hydrogen-bond acceptors (Lipinski definition) is 8. The summed E-state index contributed by atoms with van der Waals surface area (Å²) in [5, 5.41) is 16.8. The van der Waals surface area contributed by atoms with Crippen LogP contribution in [0.3, 0.4) is 0 Å². The molecule has 43 heavy (non-hydrogen) atoms. The number of nitrogens with one attached hydrogen (secondary N) is 3. The highest BCUT2D eigenvalue weighted by Crippen LogP contribution is 2.44. The Hall–Kier alpha value is -4.16. The Balaban J connectivity index is 1.36. The SMILES string of the molecule is CC(C)(C)OC(=O)NCCOCCOCCNC(=O)C(CCC(=O)O)NC(=O)OCC1c2ccccc2-c2ccccc21. The largest absolute Gasteiger partial charge is 0.481 e. The quantitative estimate of drug-likeness (QED) is 0.212. The van der Waals surface area contributed by atoms with E-state index in [1.165, 1.54) is 0 Å². The lowest BCUT2D eigenvalue weighted by Gasteiger charge is -2.19. The first-order valence-corrected chi connectivity index (χ1v) is 14.3. The number of hydrogen-bond donors (Lipinski definition) is 4. The van der Waals surface area contributed by atoms with E-state index in [1.54, 1.807) is 20.8 Å². The number of carbonyl (C=O) groups excluding carboxylic acids is 3. The molecule has 12 nitrogen and oxygen atoms in total. The summed E-state index contributed by atoms with van der Waals surface area (Å²) in [7, 11) is 0. The van der Waals surface area contributed by atoms with Gasteiger partial charge in [-0.3, -0.25) is 9.59 Å². The number of benzene rings is 2. The molecule has 234 valence electrons. The first kappa shape index (κ1) is 33.3. The lowest BCUT2D eigenvalue weighted by Crippen LogP contribution is -2.48. The van der Waals surface area contributed by atoms with Crippen molar-refractivity contribution in [3.05, 3.63) is 59.7 Å². The van der Waals surface area contributed by atoms with Crippen molar-refractivity contribution < 1.29 is 43.2 Å². The van der Waals surface area contributed by atoms with E-state index in [0.717, 1.165) is 22.3 Å². The minimum absolute atomic E-state index is 0.0696. The van der Waals surface area contributed by atoms with Crippen molar-refractivity contribution in [2.24, 2.45) is 0 Å². The molecule has 1 unspecified atom stereocenters. The lowest BCUT2D eigenvalue weighted by molar-refractivity contribution is -0.137. The van der Waals surface area contributed by atoms with Gasteiger partial charge in [-0.1, -0.05) is 48.5 Å². The summed E-state index contributed by atoms with van der Waals surface area (Å²) < 4.78 is 21.4. The molecule has 0 saturated carbocycles. The number of carboxylic acids is 1. The van der Waals surface area contributed by atoms with Gasteiger partial charge in [-0.25, -0.2) is 9.59 Å². The van der Waals surface area contributed by atoms with Crippen LogP contribution >= 0.6 is 0 Å². The van der Waals surface area contributed by atoms with E-state index in [1.807, 2.05) is 48.5 Å². The second kappa shape index (κ2) is 16.5. The minimum Gasteiger partial charge on any atom is -0.481 e. The zero-order valence-corrected chi connectivity index (χ0v) is 24.9. The van der Waals surface area contributed by atoms with Gasteiger partial charge in [-0.2, -0.15) is 0 Å². The number of carbonyl (C=O) groups is 4. The normalized spacial score (nSPS) is 12.9. The average molecular weight is 600 g/mol. The molecule has 12 heteroatoms. The maximum Gasteiger partial charge on any atom is 0.407 e. The van der Waals surface area contributed by atoms with E-state index >= 15 is 0 Å². The van der Waals surface area contributed by atoms with Crippen LogP contribution < -0.4 is 16.0 Å². The van der Waals surface area contributed by atoms with Crippen LogP contribution in [0.15, 0.2) is 48.5 Å². The Bertz CT molecular complexity index is 1200. The molecule has 2 aromatic rings. The molecule has 1 atom stereocenters. The third-order valence-electron chi connectivity index (χ3n) is 6.43. The number of aliphatic carboxylic acids is 1. The molecule has 0 aliphatic heterocycles. The number of ether oxygens (including phenoxy) is 4. The Kier molecular flexibility index (Phi) is 12.8. The highest BCUT2D eigenvalue weighted by molar-refractivity contribution is 5.86. The zero-order chi connectivity index (χ0) is 31.2. The highest BCUT2D eigenvalue weighted by atomic mass is 16.6. The number of rotatable bonds is 16. The fraction of sp³-hybridized carbons (Fsp3) is 0.484. The fourth-order valence-electron chi connectivity index (χ4n) is 4.55. The molecule has 1 aliphatic carbocycles. The van der Waals surface area contributed by atoms with Crippen molar-refractivity contribution in [3.63, 3.8) is 0 Å². The maximum absolute atomic E-state index is 12.7. The molecule has 0 radical (unpaired) electrons. The Morgan fingerprint density at radius 3 is 1.93 bits per heavy atom. The van der Waals surface area contributed by atoms with Crippen molar-refractivity contribution in [1.29, 1.82) is 0 Å². The lowest BCUT2D eigenvalue weighted by atomic mass is 9.98. The topological polar surface area (TPSA) is 162 Å².